The van der Waals surface area contributed by atoms with Gasteiger partial charge in [0.15, 0.2) is 5.60 Å². The highest BCUT2D eigenvalue weighted by Gasteiger charge is 2.53. The first-order valence-corrected chi connectivity index (χ1v) is 9.27. The first-order valence-electron chi connectivity index (χ1n) is 9.27. The minimum absolute atomic E-state index is 0.0415. The van der Waals surface area contributed by atoms with E-state index in [-0.39, 0.29) is 17.8 Å². The van der Waals surface area contributed by atoms with Crippen LogP contribution in [-0.2, 0) is 10.9 Å². The van der Waals surface area contributed by atoms with Crippen LogP contribution in [0.1, 0.15) is 35.2 Å². The molecule has 2 saturated heterocycles. The zero-order valence-electron chi connectivity index (χ0n) is 15.4. The predicted octanol–water partition coefficient (Wildman–Crippen LogP) is 5.18. The number of esters is 1. The summed E-state index contributed by atoms with van der Waals surface area (Å²) in [5.74, 6) is -0.911. The molecule has 0 saturated carbocycles. The van der Waals surface area contributed by atoms with E-state index in [4.69, 9.17) is 14.2 Å². The van der Waals surface area contributed by atoms with E-state index >= 15 is 0 Å². The van der Waals surface area contributed by atoms with Crippen molar-refractivity contribution >= 4 is 5.97 Å². The fourth-order valence-corrected chi connectivity index (χ4v) is 3.89. The molecule has 2 aliphatic heterocycles. The second kappa shape index (κ2) is 7.22. The maximum atomic E-state index is 13.6. The summed E-state index contributed by atoms with van der Waals surface area (Å²) >= 11 is 0. The molecular weight excluding hydrogens is 385 g/mol. The lowest BCUT2D eigenvalue weighted by atomic mass is 9.84. The Morgan fingerprint density at radius 2 is 1.93 bits per heavy atom. The Morgan fingerprint density at radius 3 is 2.52 bits per heavy atom. The van der Waals surface area contributed by atoms with Crippen molar-refractivity contribution in [1.82, 2.24) is 0 Å². The fourth-order valence-electron chi connectivity index (χ4n) is 3.89. The van der Waals surface area contributed by atoms with Crippen LogP contribution in [-0.4, -0.2) is 23.8 Å². The van der Waals surface area contributed by atoms with Gasteiger partial charge in [-0.3, -0.25) is 0 Å². The average Bonchev–Trinajstić information content (AvgIpc) is 3.29. The van der Waals surface area contributed by atoms with Crippen LogP contribution in [0, 0.1) is 0 Å². The number of hydrogen-bond acceptors (Lipinski definition) is 4. The number of para-hydroxylation sites is 1. The van der Waals surface area contributed by atoms with Crippen molar-refractivity contribution in [3.05, 3.63) is 72.3 Å². The largest absolute Gasteiger partial charge is 0.480 e. The van der Waals surface area contributed by atoms with E-state index in [0.29, 0.717) is 18.6 Å². The molecule has 4 rings (SSSR count). The lowest BCUT2D eigenvalue weighted by Crippen LogP contribution is -2.43. The smallest absolute Gasteiger partial charge is 0.419 e. The van der Waals surface area contributed by atoms with Gasteiger partial charge in [0.25, 0.3) is 0 Å². The summed E-state index contributed by atoms with van der Waals surface area (Å²) in [6, 6.07) is 11.3. The summed E-state index contributed by atoms with van der Waals surface area (Å²) in [7, 11) is 0. The Balaban J connectivity index is 1.66. The highest BCUT2D eigenvalue weighted by molar-refractivity contribution is 5.91. The Hall–Kier alpha value is -2.80. The Labute approximate surface area is 165 Å². The molecule has 0 spiro atoms. The van der Waals surface area contributed by atoms with E-state index in [1.165, 1.54) is 6.08 Å². The van der Waals surface area contributed by atoms with Crippen LogP contribution in [0.25, 0.3) is 0 Å². The van der Waals surface area contributed by atoms with E-state index in [1.54, 1.807) is 30.3 Å². The van der Waals surface area contributed by atoms with E-state index in [0.717, 1.165) is 24.6 Å². The van der Waals surface area contributed by atoms with E-state index in [2.05, 4.69) is 6.58 Å². The number of ether oxygens (including phenoxy) is 3. The zero-order chi connectivity index (χ0) is 20.6. The molecule has 3 atom stereocenters. The third kappa shape index (κ3) is 3.74. The maximum Gasteiger partial charge on any atom is 0.419 e. The maximum absolute atomic E-state index is 13.6. The van der Waals surface area contributed by atoms with Crippen LogP contribution >= 0.6 is 0 Å². The molecular formula is C22H19F3O4. The molecule has 4 nitrogen and oxygen atoms in total. The number of hydrogen-bond donors (Lipinski definition) is 0. The van der Waals surface area contributed by atoms with Crippen LogP contribution in [0.15, 0.2) is 61.2 Å². The summed E-state index contributed by atoms with van der Waals surface area (Å²) in [5, 5.41) is 0. The van der Waals surface area contributed by atoms with Crippen molar-refractivity contribution in [2.75, 3.05) is 0 Å². The van der Waals surface area contributed by atoms with Crippen LogP contribution in [0.2, 0.25) is 0 Å². The summed E-state index contributed by atoms with van der Waals surface area (Å²) < 4.78 is 57.6. The first-order chi connectivity index (χ1) is 13.8. The van der Waals surface area contributed by atoms with Crippen LogP contribution in [0.5, 0.6) is 11.5 Å². The molecule has 29 heavy (non-hydrogen) atoms. The van der Waals surface area contributed by atoms with Gasteiger partial charge in [-0.15, -0.1) is 0 Å². The van der Waals surface area contributed by atoms with Crippen LogP contribution in [0.3, 0.4) is 0 Å². The molecule has 2 aromatic carbocycles. The quantitative estimate of drug-likeness (QED) is 0.391. The predicted molar refractivity (Wildman–Crippen MR) is 98.9 cm³/mol. The number of carbonyl (C=O) groups is 1. The molecule has 7 heteroatoms. The van der Waals surface area contributed by atoms with Crippen molar-refractivity contribution < 1.29 is 32.2 Å². The topological polar surface area (TPSA) is 44.8 Å². The molecule has 2 bridgehead atoms. The molecule has 3 unspecified atom stereocenters. The third-order valence-corrected chi connectivity index (χ3v) is 5.32. The second-order valence-electron chi connectivity index (χ2n) is 7.20. The van der Waals surface area contributed by atoms with E-state index in [1.807, 2.05) is 0 Å². The number of fused-ring (bicyclic) bond motifs is 2. The molecule has 2 fully saturated rings. The van der Waals surface area contributed by atoms with Gasteiger partial charge in [-0.2, -0.15) is 13.2 Å². The van der Waals surface area contributed by atoms with Crippen molar-refractivity contribution in [3.8, 4) is 11.5 Å². The number of benzene rings is 2. The van der Waals surface area contributed by atoms with E-state index < -0.39 is 29.1 Å². The van der Waals surface area contributed by atoms with Crippen molar-refractivity contribution in [1.29, 1.82) is 0 Å². The molecule has 2 aromatic rings. The van der Waals surface area contributed by atoms with Crippen LogP contribution in [0.4, 0.5) is 13.2 Å². The second-order valence-corrected chi connectivity index (χ2v) is 7.20. The third-order valence-electron chi connectivity index (χ3n) is 5.32. The van der Waals surface area contributed by atoms with Gasteiger partial charge in [-0.1, -0.05) is 24.8 Å². The number of carbonyl (C=O) groups excluding carboxylic acids is 1. The lowest BCUT2D eigenvalue weighted by Gasteiger charge is -2.34. The van der Waals surface area contributed by atoms with Gasteiger partial charge < -0.3 is 14.2 Å². The first kappa shape index (κ1) is 19.5. The molecule has 2 aliphatic rings. The van der Waals surface area contributed by atoms with Crippen molar-refractivity contribution in [3.63, 3.8) is 0 Å². The Kier molecular flexibility index (Phi) is 4.86. The number of rotatable bonds is 5. The lowest BCUT2D eigenvalue weighted by molar-refractivity contribution is -0.140. The van der Waals surface area contributed by atoms with Gasteiger partial charge in [0.2, 0.25) is 0 Å². The van der Waals surface area contributed by atoms with Gasteiger partial charge in [0.05, 0.1) is 17.2 Å². The van der Waals surface area contributed by atoms with Gasteiger partial charge in [0.1, 0.15) is 17.6 Å². The SMILES string of the molecule is C=CC1(Oc2cc(C(=O)Oc3ccccc3)ccc2C(F)(F)F)CC2CCC1O2. The Bertz CT molecular complexity index is 925. The molecule has 0 amide bonds. The molecule has 152 valence electrons. The Morgan fingerprint density at radius 1 is 1.17 bits per heavy atom. The van der Waals surface area contributed by atoms with Crippen molar-refractivity contribution in [2.24, 2.45) is 0 Å². The van der Waals surface area contributed by atoms with Gasteiger partial charge in [0, 0.05) is 6.42 Å². The minimum atomic E-state index is -4.64. The highest BCUT2D eigenvalue weighted by atomic mass is 19.4. The summed E-state index contributed by atoms with van der Waals surface area (Å²) in [6.45, 7) is 3.76. The number of alkyl halides is 3. The van der Waals surface area contributed by atoms with E-state index in [9.17, 15) is 18.0 Å². The number of halogens is 3. The fraction of sp³-hybridized carbons (Fsp3) is 0.318. The minimum Gasteiger partial charge on any atom is -0.480 e. The van der Waals surface area contributed by atoms with Gasteiger partial charge >= 0.3 is 12.1 Å². The van der Waals surface area contributed by atoms with Crippen LogP contribution < -0.4 is 9.47 Å². The van der Waals surface area contributed by atoms with Gasteiger partial charge in [-0.05, 0) is 49.2 Å². The average molecular weight is 404 g/mol. The monoisotopic (exact) mass is 404 g/mol. The molecule has 2 heterocycles. The van der Waals surface area contributed by atoms with Gasteiger partial charge in [-0.25, -0.2) is 4.79 Å². The summed E-state index contributed by atoms with van der Waals surface area (Å²) in [6.07, 6.45) is -1.58. The normalized spacial score (nSPS) is 25.6. The van der Waals surface area contributed by atoms with Crippen molar-refractivity contribution in [2.45, 2.75) is 43.2 Å². The molecule has 0 N–H and O–H groups in total. The summed E-state index contributed by atoms with van der Waals surface area (Å²) in [4.78, 5) is 12.4. The molecule has 0 aliphatic carbocycles. The molecule has 0 aromatic heterocycles. The summed E-state index contributed by atoms with van der Waals surface area (Å²) in [5.41, 5.74) is -2.05. The standard InChI is InChI=1S/C22H19F3O4/c1-2-21(13-16-9-11-19(21)27-16)29-18-12-14(8-10-17(18)22(23,24)25)20(26)28-15-6-4-3-5-7-15/h2-8,10,12,16,19H,1,9,11,13H2. The molecule has 0 radical (unpaired) electrons. The highest BCUT2D eigenvalue weighted by Crippen LogP contribution is 2.47. The zero-order valence-corrected chi connectivity index (χ0v) is 15.4.